The number of carbonyl (C=O) groups excluding carboxylic acids is 1. The molecule has 0 bridgehead atoms. The van der Waals surface area contributed by atoms with Gasteiger partial charge in [0.05, 0.1) is 0 Å². The number of rotatable bonds is 3. The molecule has 0 aromatic heterocycles. The predicted molar refractivity (Wildman–Crippen MR) is 48.1 cm³/mol. The standard InChI is InChI=1S/C9H14ClNO/c10-4-9(12)11-5-6-1-7-3-8(7)2-6/h6-8H,1-5H2,(H,11,12). The summed E-state index contributed by atoms with van der Waals surface area (Å²) >= 11 is 5.36. The van der Waals surface area contributed by atoms with Crippen LogP contribution in [0.3, 0.4) is 0 Å². The molecule has 2 rings (SSSR count). The van der Waals surface area contributed by atoms with Crippen molar-refractivity contribution in [2.24, 2.45) is 17.8 Å². The minimum Gasteiger partial charge on any atom is -0.355 e. The number of nitrogens with one attached hydrogen (secondary N) is 1. The summed E-state index contributed by atoms with van der Waals surface area (Å²) in [5.74, 6) is 2.81. The Balaban J connectivity index is 1.64. The van der Waals surface area contributed by atoms with E-state index in [1.165, 1.54) is 19.3 Å². The first kappa shape index (κ1) is 8.36. The van der Waals surface area contributed by atoms with E-state index in [0.29, 0.717) is 0 Å². The van der Waals surface area contributed by atoms with Gasteiger partial charge in [-0.05, 0) is 37.0 Å². The molecule has 0 aliphatic heterocycles. The van der Waals surface area contributed by atoms with Crippen LogP contribution in [-0.2, 0) is 4.79 Å². The number of fused-ring (bicyclic) bond motifs is 1. The predicted octanol–water partition coefficient (Wildman–Crippen LogP) is 1.39. The smallest absolute Gasteiger partial charge is 0.234 e. The SMILES string of the molecule is O=C(CCl)NCC1CC2CC2C1. The summed E-state index contributed by atoms with van der Waals surface area (Å²) < 4.78 is 0. The Bertz CT molecular complexity index is 185. The maximum Gasteiger partial charge on any atom is 0.234 e. The minimum atomic E-state index is -0.0303. The fourth-order valence-electron chi connectivity index (χ4n) is 2.31. The molecule has 0 aromatic carbocycles. The highest BCUT2D eigenvalue weighted by molar-refractivity contribution is 6.27. The third-order valence-corrected chi connectivity index (χ3v) is 3.29. The van der Waals surface area contributed by atoms with Crippen molar-refractivity contribution in [3.05, 3.63) is 0 Å². The van der Waals surface area contributed by atoms with Gasteiger partial charge in [0.25, 0.3) is 0 Å². The highest BCUT2D eigenvalue weighted by atomic mass is 35.5. The summed E-state index contributed by atoms with van der Waals surface area (Å²) in [4.78, 5) is 10.8. The van der Waals surface area contributed by atoms with Crippen LogP contribution in [0.2, 0.25) is 0 Å². The van der Waals surface area contributed by atoms with Gasteiger partial charge < -0.3 is 5.32 Å². The van der Waals surface area contributed by atoms with Crippen LogP contribution in [0.15, 0.2) is 0 Å². The van der Waals surface area contributed by atoms with Crippen molar-refractivity contribution in [2.45, 2.75) is 19.3 Å². The van der Waals surface area contributed by atoms with Crippen LogP contribution in [-0.4, -0.2) is 18.3 Å². The molecule has 2 nitrogen and oxygen atoms in total. The van der Waals surface area contributed by atoms with Crippen molar-refractivity contribution in [1.82, 2.24) is 5.32 Å². The van der Waals surface area contributed by atoms with Gasteiger partial charge in [-0.25, -0.2) is 0 Å². The summed E-state index contributed by atoms with van der Waals surface area (Å²) in [7, 11) is 0. The van der Waals surface area contributed by atoms with Gasteiger partial charge in [-0.2, -0.15) is 0 Å². The van der Waals surface area contributed by atoms with E-state index in [1.54, 1.807) is 0 Å². The lowest BCUT2D eigenvalue weighted by atomic mass is 10.0. The Hall–Kier alpha value is -0.240. The van der Waals surface area contributed by atoms with E-state index in [1.807, 2.05) is 0 Å². The summed E-state index contributed by atoms with van der Waals surface area (Å²) in [6.45, 7) is 0.846. The van der Waals surface area contributed by atoms with Gasteiger partial charge in [0, 0.05) is 6.54 Å². The lowest BCUT2D eigenvalue weighted by Gasteiger charge is -2.11. The van der Waals surface area contributed by atoms with Gasteiger partial charge >= 0.3 is 0 Å². The van der Waals surface area contributed by atoms with Gasteiger partial charge in [-0.1, -0.05) is 0 Å². The Labute approximate surface area is 77.7 Å². The van der Waals surface area contributed by atoms with Crippen molar-refractivity contribution >= 4 is 17.5 Å². The van der Waals surface area contributed by atoms with Crippen LogP contribution in [0.4, 0.5) is 0 Å². The van der Waals surface area contributed by atoms with Crippen molar-refractivity contribution < 1.29 is 4.79 Å². The Kier molecular flexibility index (Phi) is 2.26. The highest BCUT2D eigenvalue weighted by Crippen LogP contribution is 2.54. The van der Waals surface area contributed by atoms with E-state index in [9.17, 15) is 4.79 Å². The highest BCUT2D eigenvalue weighted by Gasteiger charge is 2.45. The summed E-state index contributed by atoms with van der Waals surface area (Å²) in [6, 6.07) is 0. The van der Waals surface area contributed by atoms with Gasteiger partial charge in [0.15, 0.2) is 0 Å². The third kappa shape index (κ3) is 1.74. The Morgan fingerprint density at radius 1 is 1.33 bits per heavy atom. The second kappa shape index (κ2) is 3.25. The first-order valence-corrected chi connectivity index (χ1v) is 5.15. The maximum atomic E-state index is 10.8. The topological polar surface area (TPSA) is 29.1 Å². The van der Waals surface area contributed by atoms with E-state index >= 15 is 0 Å². The average molecular weight is 188 g/mol. The van der Waals surface area contributed by atoms with Crippen LogP contribution < -0.4 is 5.32 Å². The molecular formula is C9H14ClNO. The molecule has 0 radical (unpaired) electrons. The van der Waals surface area contributed by atoms with Crippen molar-refractivity contribution in [2.75, 3.05) is 12.4 Å². The molecule has 0 aromatic rings. The number of alkyl halides is 1. The van der Waals surface area contributed by atoms with Crippen molar-refractivity contribution in [3.8, 4) is 0 Å². The minimum absolute atomic E-state index is 0.0303. The number of hydrogen-bond acceptors (Lipinski definition) is 1. The first-order valence-electron chi connectivity index (χ1n) is 4.62. The summed E-state index contributed by atoms with van der Waals surface area (Å²) in [5.41, 5.74) is 0. The van der Waals surface area contributed by atoms with Crippen molar-refractivity contribution in [3.63, 3.8) is 0 Å². The first-order chi connectivity index (χ1) is 5.79. The molecule has 0 heterocycles. The van der Waals surface area contributed by atoms with Crippen molar-refractivity contribution in [1.29, 1.82) is 0 Å². The average Bonchev–Trinajstić information content (AvgIpc) is 2.70. The molecule has 3 heteroatoms. The quantitative estimate of drug-likeness (QED) is 0.665. The second-order valence-corrected chi connectivity index (χ2v) is 4.30. The largest absolute Gasteiger partial charge is 0.355 e. The number of carbonyl (C=O) groups is 1. The molecule has 12 heavy (non-hydrogen) atoms. The van der Waals surface area contributed by atoms with Gasteiger partial charge in [-0.15, -0.1) is 11.6 Å². The number of hydrogen-bond donors (Lipinski definition) is 1. The molecule has 2 aliphatic rings. The molecule has 2 atom stereocenters. The zero-order valence-corrected chi connectivity index (χ0v) is 7.81. The zero-order valence-electron chi connectivity index (χ0n) is 7.05. The lowest BCUT2D eigenvalue weighted by Crippen LogP contribution is -2.29. The van der Waals surface area contributed by atoms with E-state index in [2.05, 4.69) is 5.32 Å². The van der Waals surface area contributed by atoms with Crippen LogP contribution in [0.1, 0.15) is 19.3 Å². The summed E-state index contributed by atoms with van der Waals surface area (Å²) in [5, 5.41) is 2.84. The molecule has 0 saturated heterocycles. The Morgan fingerprint density at radius 2 is 2.00 bits per heavy atom. The van der Waals surface area contributed by atoms with E-state index in [4.69, 9.17) is 11.6 Å². The molecule has 68 valence electrons. The van der Waals surface area contributed by atoms with Crippen LogP contribution >= 0.6 is 11.6 Å². The zero-order chi connectivity index (χ0) is 8.55. The molecule has 0 spiro atoms. The van der Waals surface area contributed by atoms with Crippen LogP contribution in [0.5, 0.6) is 0 Å². The number of halogens is 1. The molecule has 1 N–H and O–H groups in total. The fourth-order valence-corrected chi connectivity index (χ4v) is 2.41. The molecule has 2 saturated carbocycles. The second-order valence-electron chi connectivity index (χ2n) is 4.03. The van der Waals surface area contributed by atoms with Gasteiger partial charge in [-0.3, -0.25) is 4.79 Å². The maximum absolute atomic E-state index is 10.8. The lowest BCUT2D eigenvalue weighted by molar-refractivity contribution is -0.118. The van der Waals surface area contributed by atoms with E-state index in [0.717, 1.165) is 24.3 Å². The number of amides is 1. The van der Waals surface area contributed by atoms with Crippen LogP contribution in [0, 0.1) is 17.8 Å². The normalized spacial score (nSPS) is 37.6. The van der Waals surface area contributed by atoms with Gasteiger partial charge in [0.2, 0.25) is 5.91 Å². The molecule has 2 fully saturated rings. The third-order valence-electron chi connectivity index (χ3n) is 3.05. The molecule has 1 amide bonds. The van der Waals surface area contributed by atoms with E-state index in [-0.39, 0.29) is 11.8 Å². The van der Waals surface area contributed by atoms with E-state index < -0.39 is 0 Å². The fraction of sp³-hybridized carbons (Fsp3) is 0.889. The molecular weight excluding hydrogens is 174 g/mol. The Morgan fingerprint density at radius 3 is 2.58 bits per heavy atom. The molecule has 2 unspecified atom stereocenters. The monoisotopic (exact) mass is 187 g/mol. The van der Waals surface area contributed by atoms with Crippen LogP contribution in [0.25, 0.3) is 0 Å². The summed E-state index contributed by atoms with van der Waals surface area (Å²) in [6.07, 6.45) is 4.10. The van der Waals surface area contributed by atoms with Gasteiger partial charge in [0.1, 0.15) is 5.88 Å². The molecule has 2 aliphatic carbocycles.